The molecule has 35 heavy (non-hydrogen) atoms. The van der Waals surface area contributed by atoms with Gasteiger partial charge in [-0.25, -0.2) is 9.78 Å². The molecule has 176 valence electrons. The highest BCUT2D eigenvalue weighted by Crippen LogP contribution is 2.29. The second-order valence-electron chi connectivity index (χ2n) is 8.08. The largest absolute Gasteiger partial charge is 0.460 e. The molecule has 10 heteroatoms. The summed E-state index contributed by atoms with van der Waals surface area (Å²) in [6, 6.07) is 15.4. The predicted molar refractivity (Wildman–Crippen MR) is 131 cm³/mol. The van der Waals surface area contributed by atoms with Gasteiger partial charge in [-0.05, 0) is 31.2 Å². The van der Waals surface area contributed by atoms with Gasteiger partial charge in [0, 0.05) is 35.8 Å². The van der Waals surface area contributed by atoms with E-state index in [1.54, 1.807) is 11.5 Å². The van der Waals surface area contributed by atoms with Gasteiger partial charge in [0.05, 0.1) is 30.9 Å². The molecule has 1 N–H and O–H groups in total. The highest BCUT2D eigenvalue weighted by Gasteiger charge is 2.25. The molecule has 0 aliphatic carbocycles. The fraction of sp³-hybridized carbons (Fsp3) is 0.240. The number of nitrogens with zero attached hydrogens (tertiary/aromatic N) is 6. The second kappa shape index (κ2) is 8.80. The number of hydrogen-bond acceptors (Lipinski definition) is 8. The van der Waals surface area contributed by atoms with Crippen LogP contribution in [-0.2, 0) is 9.47 Å². The predicted octanol–water partition coefficient (Wildman–Crippen LogP) is 3.37. The van der Waals surface area contributed by atoms with Crippen molar-refractivity contribution in [1.29, 1.82) is 0 Å². The number of carbonyl (C=O) groups excluding carboxylic acids is 1. The highest BCUT2D eigenvalue weighted by molar-refractivity contribution is 5.94. The lowest BCUT2D eigenvalue weighted by Gasteiger charge is -2.27. The average Bonchev–Trinajstić information content (AvgIpc) is 3.54. The Balaban J connectivity index is 1.61. The van der Waals surface area contributed by atoms with Crippen LogP contribution in [0.25, 0.3) is 39.3 Å². The third-order valence-corrected chi connectivity index (χ3v) is 5.96. The van der Waals surface area contributed by atoms with Crippen molar-refractivity contribution in [2.24, 2.45) is 0 Å². The molecule has 0 spiro atoms. The molecule has 1 saturated heterocycles. The van der Waals surface area contributed by atoms with Crippen LogP contribution in [0.2, 0.25) is 0 Å². The van der Waals surface area contributed by atoms with Gasteiger partial charge in [-0.2, -0.15) is 15.0 Å². The minimum atomic E-state index is -0.536. The lowest BCUT2D eigenvalue weighted by molar-refractivity contribution is 0.0510. The Labute approximate surface area is 200 Å². The number of nitrogens with one attached hydrogen (secondary N) is 1. The first kappa shape index (κ1) is 21.2. The van der Waals surface area contributed by atoms with Crippen LogP contribution in [0.1, 0.15) is 17.5 Å². The molecule has 0 amide bonds. The van der Waals surface area contributed by atoms with Crippen molar-refractivity contribution in [3.63, 3.8) is 0 Å². The highest BCUT2D eigenvalue weighted by atomic mass is 16.5. The summed E-state index contributed by atoms with van der Waals surface area (Å²) in [4.78, 5) is 37.2. The number of aromatic nitrogens is 6. The fourth-order valence-electron chi connectivity index (χ4n) is 4.32. The van der Waals surface area contributed by atoms with Crippen molar-refractivity contribution in [3.8, 4) is 17.3 Å². The van der Waals surface area contributed by atoms with Crippen molar-refractivity contribution in [2.45, 2.75) is 6.92 Å². The van der Waals surface area contributed by atoms with Crippen LogP contribution >= 0.6 is 0 Å². The van der Waals surface area contributed by atoms with Gasteiger partial charge in [-0.1, -0.05) is 24.3 Å². The van der Waals surface area contributed by atoms with Crippen LogP contribution in [0, 0.1) is 0 Å². The quantitative estimate of drug-likeness (QED) is 0.390. The molecule has 6 rings (SSSR count). The zero-order valence-corrected chi connectivity index (χ0v) is 19.1. The van der Waals surface area contributed by atoms with Gasteiger partial charge in [-0.15, -0.1) is 0 Å². The van der Waals surface area contributed by atoms with Crippen LogP contribution in [-0.4, -0.2) is 68.4 Å². The number of esters is 1. The number of ether oxygens (including phenoxy) is 2. The maximum atomic E-state index is 12.9. The Kier molecular flexibility index (Phi) is 5.34. The Morgan fingerprint density at radius 2 is 1.83 bits per heavy atom. The molecule has 10 nitrogen and oxygen atoms in total. The monoisotopic (exact) mass is 469 g/mol. The molecule has 0 bridgehead atoms. The molecule has 0 saturated carbocycles. The Bertz CT molecular complexity index is 1530. The average molecular weight is 470 g/mol. The van der Waals surface area contributed by atoms with Gasteiger partial charge < -0.3 is 19.4 Å². The van der Waals surface area contributed by atoms with Gasteiger partial charge in [-0.3, -0.25) is 4.57 Å². The van der Waals surface area contributed by atoms with Crippen molar-refractivity contribution >= 4 is 33.9 Å². The van der Waals surface area contributed by atoms with E-state index in [-0.39, 0.29) is 12.4 Å². The third-order valence-electron chi connectivity index (χ3n) is 5.96. The van der Waals surface area contributed by atoms with E-state index in [1.807, 2.05) is 54.7 Å². The molecule has 0 atom stereocenters. The molecular formula is C25H23N7O3. The topological polar surface area (TPSA) is 111 Å². The SMILES string of the molecule is CCOC(=O)c1nc2ccccc2n1-c1nc(-c2cccc3[nH]ccc23)nc(N2CCOCC2)n1. The number of anilines is 1. The van der Waals surface area contributed by atoms with Gasteiger partial charge in [0.25, 0.3) is 0 Å². The molecule has 0 unspecified atom stereocenters. The maximum absolute atomic E-state index is 12.9. The minimum Gasteiger partial charge on any atom is -0.460 e. The number of morpholine rings is 1. The molecule has 2 aromatic carbocycles. The van der Waals surface area contributed by atoms with Gasteiger partial charge in [0.1, 0.15) is 0 Å². The van der Waals surface area contributed by atoms with Gasteiger partial charge >= 0.3 is 5.97 Å². The van der Waals surface area contributed by atoms with E-state index in [4.69, 9.17) is 24.4 Å². The van der Waals surface area contributed by atoms with Crippen molar-refractivity contribution < 1.29 is 14.3 Å². The van der Waals surface area contributed by atoms with E-state index in [0.29, 0.717) is 55.1 Å². The summed E-state index contributed by atoms with van der Waals surface area (Å²) in [5.41, 5.74) is 3.21. The lowest BCUT2D eigenvalue weighted by atomic mass is 10.1. The Morgan fingerprint density at radius 1 is 1.00 bits per heavy atom. The van der Waals surface area contributed by atoms with Crippen LogP contribution < -0.4 is 4.90 Å². The van der Waals surface area contributed by atoms with Crippen LogP contribution in [0.4, 0.5) is 5.95 Å². The Hall–Kier alpha value is -4.31. The standard InChI is InChI=1S/C25H23N7O3/c1-2-35-23(33)22-27-19-7-3-4-9-20(19)32(22)25-29-21(17-6-5-8-18-16(17)10-11-26-18)28-24(30-25)31-12-14-34-15-13-31/h3-11,26H,2,12-15H2,1H3. The summed E-state index contributed by atoms with van der Waals surface area (Å²) in [5.74, 6) is 0.924. The molecule has 0 radical (unpaired) electrons. The summed E-state index contributed by atoms with van der Waals surface area (Å²) < 4.78 is 12.5. The summed E-state index contributed by atoms with van der Waals surface area (Å²) in [6.45, 7) is 4.50. The molecule has 1 fully saturated rings. The summed E-state index contributed by atoms with van der Waals surface area (Å²) >= 11 is 0. The van der Waals surface area contributed by atoms with E-state index in [2.05, 4.69) is 14.9 Å². The normalized spacial score (nSPS) is 14.0. The van der Waals surface area contributed by atoms with Crippen molar-refractivity contribution in [3.05, 3.63) is 60.6 Å². The number of aromatic amines is 1. The number of carbonyl (C=O) groups is 1. The molecule has 1 aliphatic heterocycles. The number of rotatable bonds is 5. The third kappa shape index (κ3) is 3.77. The molecule has 1 aliphatic rings. The molecular weight excluding hydrogens is 446 g/mol. The van der Waals surface area contributed by atoms with E-state index in [9.17, 15) is 4.79 Å². The van der Waals surface area contributed by atoms with Crippen molar-refractivity contribution in [1.82, 2.24) is 29.5 Å². The molecule has 3 aromatic heterocycles. The summed E-state index contributed by atoms with van der Waals surface area (Å²) in [5, 5.41) is 0.999. The van der Waals surface area contributed by atoms with Crippen LogP contribution in [0.15, 0.2) is 54.7 Å². The number of fused-ring (bicyclic) bond motifs is 2. The smallest absolute Gasteiger partial charge is 0.375 e. The zero-order chi connectivity index (χ0) is 23.8. The fourth-order valence-corrected chi connectivity index (χ4v) is 4.32. The number of H-pyrrole nitrogens is 1. The van der Waals surface area contributed by atoms with Crippen molar-refractivity contribution in [2.75, 3.05) is 37.8 Å². The number of para-hydroxylation sites is 2. The minimum absolute atomic E-state index is 0.123. The van der Waals surface area contributed by atoms with Gasteiger partial charge in [0.15, 0.2) is 5.82 Å². The van der Waals surface area contributed by atoms with E-state index in [0.717, 1.165) is 16.5 Å². The summed E-state index contributed by atoms with van der Waals surface area (Å²) in [6.07, 6.45) is 1.89. The van der Waals surface area contributed by atoms with E-state index < -0.39 is 5.97 Å². The van der Waals surface area contributed by atoms with Gasteiger partial charge in [0.2, 0.25) is 17.7 Å². The lowest BCUT2D eigenvalue weighted by Crippen LogP contribution is -2.37. The Morgan fingerprint density at radius 3 is 2.69 bits per heavy atom. The summed E-state index contributed by atoms with van der Waals surface area (Å²) in [7, 11) is 0. The number of imidazole rings is 1. The van der Waals surface area contributed by atoms with E-state index in [1.165, 1.54) is 0 Å². The number of benzene rings is 2. The second-order valence-corrected chi connectivity index (χ2v) is 8.08. The first-order chi connectivity index (χ1) is 17.2. The van der Waals surface area contributed by atoms with E-state index >= 15 is 0 Å². The first-order valence-electron chi connectivity index (χ1n) is 11.5. The first-order valence-corrected chi connectivity index (χ1v) is 11.5. The van der Waals surface area contributed by atoms with Crippen LogP contribution in [0.5, 0.6) is 0 Å². The number of hydrogen-bond donors (Lipinski definition) is 1. The molecule has 4 heterocycles. The molecule has 5 aromatic rings. The van der Waals surface area contributed by atoms with Crippen LogP contribution in [0.3, 0.4) is 0 Å². The zero-order valence-electron chi connectivity index (χ0n) is 19.1. The maximum Gasteiger partial charge on any atom is 0.375 e.